The minimum atomic E-state index is -4.70. The van der Waals surface area contributed by atoms with Crippen molar-refractivity contribution in [3.63, 3.8) is 0 Å². The fraction of sp³-hybridized carbons (Fsp3) is 0.231. The van der Waals surface area contributed by atoms with E-state index < -0.39 is 36.4 Å². The molecule has 188 valence electrons. The highest BCUT2D eigenvalue weighted by Gasteiger charge is 2.44. The molecule has 6 nitrogen and oxygen atoms in total. The SMILES string of the molecule is O=C(NC(Cc1cccc(OC(F)(F)C(F)F)c1)C(=O)O)OCC1c2ccccc2-c2ccccc21. The number of benzene rings is 3. The fourth-order valence-corrected chi connectivity index (χ4v) is 4.16. The Morgan fingerprint density at radius 3 is 2.14 bits per heavy atom. The van der Waals surface area contributed by atoms with Gasteiger partial charge in [-0.2, -0.15) is 17.6 Å². The first-order valence-corrected chi connectivity index (χ1v) is 10.9. The van der Waals surface area contributed by atoms with Crippen molar-refractivity contribution in [3.8, 4) is 16.9 Å². The van der Waals surface area contributed by atoms with Crippen LogP contribution in [-0.4, -0.2) is 42.4 Å². The number of halogens is 4. The summed E-state index contributed by atoms with van der Waals surface area (Å²) in [5.41, 5.74) is 4.20. The molecule has 0 aromatic heterocycles. The lowest BCUT2D eigenvalue weighted by Crippen LogP contribution is -2.43. The van der Waals surface area contributed by atoms with Gasteiger partial charge < -0.3 is 19.9 Å². The van der Waals surface area contributed by atoms with Crippen LogP contribution in [0.3, 0.4) is 0 Å². The molecule has 4 rings (SSSR count). The number of nitrogens with one attached hydrogen (secondary N) is 1. The van der Waals surface area contributed by atoms with E-state index in [2.05, 4.69) is 10.1 Å². The Morgan fingerprint density at radius 2 is 1.56 bits per heavy atom. The largest absolute Gasteiger partial charge is 0.480 e. The lowest BCUT2D eigenvalue weighted by molar-refractivity contribution is -0.253. The van der Waals surface area contributed by atoms with Crippen LogP contribution in [0.5, 0.6) is 5.75 Å². The lowest BCUT2D eigenvalue weighted by Gasteiger charge is -2.19. The third kappa shape index (κ3) is 5.42. The van der Waals surface area contributed by atoms with Gasteiger partial charge in [0.15, 0.2) is 0 Å². The number of carboxylic acids is 1. The van der Waals surface area contributed by atoms with Crippen molar-refractivity contribution >= 4 is 12.1 Å². The maximum Gasteiger partial charge on any atom is 0.461 e. The van der Waals surface area contributed by atoms with Crippen LogP contribution in [0.1, 0.15) is 22.6 Å². The number of hydrogen-bond acceptors (Lipinski definition) is 4. The zero-order chi connectivity index (χ0) is 25.9. The van der Waals surface area contributed by atoms with Crippen molar-refractivity contribution in [3.05, 3.63) is 89.5 Å². The quantitative estimate of drug-likeness (QED) is 0.379. The molecule has 0 aliphatic heterocycles. The van der Waals surface area contributed by atoms with Gasteiger partial charge >= 0.3 is 24.6 Å². The second-order valence-corrected chi connectivity index (χ2v) is 8.18. The maximum absolute atomic E-state index is 13.2. The van der Waals surface area contributed by atoms with Crippen molar-refractivity contribution in [1.82, 2.24) is 5.32 Å². The van der Waals surface area contributed by atoms with Gasteiger partial charge in [-0.1, -0.05) is 60.7 Å². The highest BCUT2D eigenvalue weighted by atomic mass is 19.3. The number of alkyl halides is 4. The van der Waals surface area contributed by atoms with E-state index in [0.29, 0.717) is 0 Å². The standard InChI is InChI=1S/C26H21F4NO5/c27-24(28)26(29,30)36-16-7-5-6-15(12-16)13-22(23(32)33)31-25(34)35-14-21-19-10-3-1-8-17(19)18-9-2-4-11-20(18)21/h1-12,21-22,24H,13-14H2,(H,31,34)(H,32,33). The molecule has 0 radical (unpaired) electrons. The van der Waals surface area contributed by atoms with Crippen molar-refractivity contribution in [2.75, 3.05) is 6.61 Å². The molecule has 0 saturated carbocycles. The Labute approximate surface area is 203 Å². The number of carboxylic acid groups (broad SMARTS) is 1. The van der Waals surface area contributed by atoms with Gasteiger partial charge in [0.25, 0.3) is 0 Å². The van der Waals surface area contributed by atoms with Gasteiger partial charge in [-0.05, 0) is 39.9 Å². The van der Waals surface area contributed by atoms with Gasteiger partial charge in [0.2, 0.25) is 0 Å². The Hall–Kier alpha value is -4.08. The predicted molar refractivity (Wildman–Crippen MR) is 121 cm³/mol. The molecule has 1 aliphatic carbocycles. The second-order valence-electron chi connectivity index (χ2n) is 8.18. The maximum atomic E-state index is 13.2. The molecular weight excluding hydrogens is 482 g/mol. The van der Waals surface area contributed by atoms with Crippen molar-refractivity contribution in [2.45, 2.75) is 30.9 Å². The molecule has 1 amide bonds. The van der Waals surface area contributed by atoms with Crippen LogP contribution in [0.4, 0.5) is 22.4 Å². The smallest absolute Gasteiger partial charge is 0.461 e. The fourth-order valence-electron chi connectivity index (χ4n) is 4.16. The number of ether oxygens (including phenoxy) is 2. The lowest BCUT2D eigenvalue weighted by atomic mass is 9.98. The summed E-state index contributed by atoms with van der Waals surface area (Å²) in [4.78, 5) is 24.2. The van der Waals surface area contributed by atoms with Crippen molar-refractivity contribution in [2.24, 2.45) is 0 Å². The van der Waals surface area contributed by atoms with Gasteiger partial charge in [-0.15, -0.1) is 0 Å². The number of amides is 1. The molecule has 36 heavy (non-hydrogen) atoms. The Balaban J connectivity index is 1.40. The molecule has 1 atom stereocenters. The molecule has 0 fully saturated rings. The van der Waals surface area contributed by atoms with E-state index in [1.54, 1.807) is 0 Å². The third-order valence-corrected chi connectivity index (χ3v) is 5.78. The molecule has 10 heteroatoms. The van der Waals surface area contributed by atoms with Crippen LogP contribution in [0.25, 0.3) is 11.1 Å². The van der Waals surface area contributed by atoms with Crippen LogP contribution in [-0.2, 0) is 16.0 Å². The number of carbonyl (C=O) groups excluding carboxylic acids is 1. The number of aliphatic carboxylic acids is 1. The molecule has 0 heterocycles. The van der Waals surface area contributed by atoms with E-state index >= 15 is 0 Å². The third-order valence-electron chi connectivity index (χ3n) is 5.78. The summed E-state index contributed by atoms with van der Waals surface area (Å²) in [5.74, 6) is -2.19. The number of carbonyl (C=O) groups is 2. The summed E-state index contributed by atoms with van der Waals surface area (Å²) in [6.45, 7) is -0.0295. The Bertz CT molecular complexity index is 1220. The molecule has 3 aromatic carbocycles. The van der Waals surface area contributed by atoms with E-state index in [0.717, 1.165) is 34.4 Å². The Kier molecular flexibility index (Phi) is 7.14. The summed E-state index contributed by atoms with van der Waals surface area (Å²) in [6, 6.07) is 18.6. The summed E-state index contributed by atoms with van der Waals surface area (Å²) in [6.07, 6.45) is -10.0. The molecule has 0 bridgehead atoms. The summed E-state index contributed by atoms with van der Waals surface area (Å²) < 4.78 is 60.5. The molecule has 1 unspecified atom stereocenters. The van der Waals surface area contributed by atoms with E-state index in [1.807, 2.05) is 48.5 Å². The molecule has 0 saturated heterocycles. The zero-order valence-corrected chi connectivity index (χ0v) is 18.7. The predicted octanol–water partition coefficient (Wildman–Crippen LogP) is 5.46. The van der Waals surface area contributed by atoms with E-state index in [4.69, 9.17) is 4.74 Å². The van der Waals surface area contributed by atoms with Crippen molar-refractivity contribution < 1.29 is 41.7 Å². The average Bonchev–Trinajstić information content (AvgIpc) is 3.16. The number of hydrogen-bond donors (Lipinski definition) is 2. The van der Waals surface area contributed by atoms with E-state index in [-0.39, 0.29) is 24.5 Å². The van der Waals surface area contributed by atoms with Crippen LogP contribution in [0.2, 0.25) is 0 Å². The molecule has 1 aliphatic rings. The van der Waals surface area contributed by atoms with Gasteiger partial charge in [-0.3, -0.25) is 0 Å². The first kappa shape index (κ1) is 25.0. The van der Waals surface area contributed by atoms with E-state index in [1.165, 1.54) is 12.1 Å². The first-order valence-electron chi connectivity index (χ1n) is 10.9. The van der Waals surface area contributed by atoms with Gasteiger partial charge in [-0.25, -0.2) is 9.59 Å². The minimum Gasteiger partial charge on any atom is -0.480 e. The average molecular weight is 503 g/mol. The molecule has 0 spiro atoms. The van der Waals surface area contributed by atoms with Crippen LogP contribution in [0.15, 0.2) is 72.8 Å². The minimum absolute atomic E-state index is 0.0295. The molecular formula is C26H21F4NO5. The monoisotopic (exact) mass is 503 g/mol. The number of fused-ring (bicyclic) bond motifs is 3. The van der Waals surface area contributed by atoms with Crippen LogP contribution in [0, 0.1) is 0 Å². The normalized spacial score (nSPS) is 13.6. The van der Waals surface area contributed by atoms with Crippen molar-refractivity contribution in [1.29, 1.82) is 0 Å². The van der Waals surface area contributed by atoms with Gasteiger partial charge in [0.05, 0.1) is 0 Å². The van der Waals surface area contributed by atoms with E-state index in [9.17, 15) is 32.3 Å². The highest BCUT2D eigenvalue weighted by molar-refractivity contribution is 5.81. The van der Waals surface area contributed by atoms with Crippen LogP contribution >= 0.6 is 0 Å². The summed E-state index contributed by atoms with van der Waals surface area (Å²) in [7, 11) is 0. The molecule has 2 N–H and O–H groups in total. The Morgan fingerprint density at radius 1 is 0.944 bits per heavy atom. The second kappa shape index (κ2) is 10.3. The van der Waals surface area contributed by atoms with Gasteiger partial charge in [0.1, 0.15) is 18.4 Å². The molecule has 3 aromatic rings. The number of rotatable bonds is 9. The summed E-state index contributed by atoms with van der Waals surface area (Å²) >= 11 is 0. The van der Waals surface area contributed by atoms with Crippen LogP contribution < -0.4 is 10.1 Å². The number of alkyl carbamates (subject to hydrolysis) is 1. The zero-order valence-electron chi connectivity index (χ0n) is 18.7. The van der Waals surface area contributed by atoms with Gasteiger partial charge in [0, 0.05) is 12.3 Å². The highest BCUT2D eigenvalue weighted by Crippen LogP contribution is 2.44. The summed E-state index contributed by atoms with van der Waals surface area (Å²) in [5, 5.41) is 11.8. The topological polar surface area (TPSA) is 84.9 Å². The first-order chi connectivity index (χ1) is 17.2.